The van der Waals surface area contributed by atoms with Gasteiger partial charge in [-0.15, -0.1) is 0 Å². The van der Waals surface area contributed by atoms with E-state index in [1.54, 1.807) is 0 Å². The highest BCUT2D eigenvalue weighted by Crippen LogP contribution is 2.32. The Labute approximate surface area is 100 Å². The number of carbonyl (C=O) groups is 1. The molecule has 2 aliphatic rings. The summed E-state index contributed by atoms with van der Waals surface area (Å²) in [5.41, 5.74) is 1.19. The molecule has 1 aromatic carbocycles. The van der Waals surface area contributed by atoms with E-state index in [9.17, 15) is 4.79 Å². The van der Waals surface area contributed by atoms with E-state index in [4.69, 9.17) is 9.47 Å². The number of amides is 1. The van der Waals surface area contributed by atoms with Crippen molar-refractivity contribution in [1.82, 2.24) is 4.90 Å². The second kappa shape index (κ2) is 4.28. The molecule has 4 heteroatoms. The normalized spacial score (nSPS) is 17.9. The van der Waals surface area contributed by atoms with E-state index in [2.05, 4.69) is 0 Å². The van der Waals surface area contributed by atoms with Crippen molar-refractivity contribution >= 4 is 5.91 Å². The lowest BCUT2D eigenvalue weighted by Crippen LogP contribution is -2.26. The number of rotatable bonds is 3. The molecule has 0 saturated carbocycles. The van der Waals surface area contributed by atoms with Crippen molar-refractivity contribution < 1.29 is 14.3 Å². The molecule has 17 heavy (non-hydrogen) atoms. The van der Waals surface area contributed by atoms with Crippen LogP contribution in [0.5, 0.6) is 11.5 Å². The number of nitrogens with zero attached hydrogens (tertiary/aromatic N) is 1. The van der Waals surface area contributed by atoms with Gasteiger partial charge in [0.25, 0.3) is 0 Å². The third-order valence-electron chi connectivity index (χ3n) is 3.28. The third-order valence-corrected chi connectivity index (χ3v) is 3.28. The zero-order chi connectivity index (χ0) is 11.7. The van der Waals surface area contributed by atoms with Crippen molar-refractivity contribution in [3.63, 3.8) is 0 Å². The molecule has 90 valence electrons. The lowest BCUT2D eigenvalue weighted by molar-refractivity contribution is -0.127. The van der Waals surface area contributed by atoms with Gasteiger partial charge in [-0.1, -0.05) is 6.07 Å². The number of carbonyl (C=O) groups excluding carboxylic acids is 1. The number of benzene rings is 1. The molecule has 3 rings (SSSR count). The lowest BCUT2D eigenvalue weighted by Gasteiger charge is -2.15. The minimum Gasteiger partial charge on any atom is -0.454 e. The van der Waals surface area contributed by atoms with Crippen molar-refractivity contribution in [2.24, 2.45) is 0 Å². The summed E-state index contributed by atoms with van der Waals surface area (Å²) in [7, 11) is 0. The van der Waals surface area contributed by atoms with Crippen LogP contribution in [-0.2, 0) is 11.2 Å². The van der Waals surface area contributed by atoms with Crippen LogP contribution in [0.25, 0.3) is 0 Å². The summed E-state index contributed by atoms with van der Waals surface area (Å²) in [6, 6.07) is 5.97. The van der Waals surface area contributed by atoms with Crippen molar-refractivity contribution in [1.29, 1.82) is 0 Å². The predicted octanol–water partition coefficient (Wildman–Crippen LogP) is 1.58. The fraction of sp³-hybridized carbons (Fsp3) is 0.462. The standard InChI is InChI=1S/C13H15NO3/c15-13-2-1-6-14(13)7-5-10-3-4-11-12(8-10)17-9-16-11/h3-4,8H,1-2,5-7,9H2. The summed E-state index contributed by atoms with van der Waals surface area (Å²) in [5.74, 6) is 1.91. The molecule has 1 aromatic rings. The molecule has 1 fully saturated rings. The van der Waals surface area contributed by atoms with Crippen molar-refractivity contribution in [2.45, 2.75) is 19.3 Å². The largest absolute Gasteiger partial charge is 0.454 e. The van der Waals surface area contributed by atoms with Gasteiger partial charge in [-0.05, 0) is 30.5 Å². The summed E-state index contributed by atoms with van der Waals surface area (Å²) in [5, 5.41) is 0. The van der Waals surface area contributed by atoms with Crippen molar-refractivity contribution in [3.05, 3.63) is 23.8 Å². The average Bonchev–Trinajstić information content (AvgIpc) is 2.94. The van der Waals surface area contributed by atoms with Crippen LogP contribution in [0.2, 0.25) is 0 Å². The summed E-state index contributed by atoms with van der Waals surface area (Å²) in [6.45, 7) is 2.02. The van der Waals surface area contributed by atoms with Crippen molar-refractivity contribution in [3.8, 4) is 11.5 Å². The summed E-state index contributed by atoms with van der Waals surface area (Å²) < 4.78 is 10.6. The van der Waals surface area contributed by atoms with E-state index in [1.165, 1.54) is 5.56 Å². The molecule has 1 amide bonds. The molecule has 0 unspecified atom stereocenters. The Kier molecular flexibility index (Phi) is 2.63. The molecule has 0 N–H and O–H groups in total. The quantitative estimate of drug-likeness (QED) is 0.795. The van der Waals surface area contributed by atoms with Crippen LogP contribution in [0.1, 0.15) is 18.4 Å². The van der Waals surface area contributed by atoms with Gasteiger partial charge >= 0.3 is 0 Å². The summed E-state index contributed by atoms with van der Waals surface area (Å²) in [6.07, 6.45) is 2.59. The maximum Gasteiger partial charge on any atom is 0.231 e. The molecule has 2 heterocycles. The minimum absolute atomic E-state index is 0.283. The smallest absolute Gasteiger partial charge is 0.231 e. The van der Waals surface area contributed by atoms with Crippen LogP contribution in [0.15, 0.2) is 18.2 Å². The first-order valence-electron chi connectivity index (χ1n) is 5.99. The van der Waals surface area contributed by atoms with Gasteiger partial charge in [0.1, 0.15) is 0 Å². The Hall–Kier alpha value is -1.71. The van der Waals surface area contributed by atoms with Gasteiger partial charge in [-0.3, -0.25) is 4.79 Å². The topological polar surface area (TPSA) is 38.8 Å². The summed E-state index contributed by atoms with van der Waals surface area (Å²) in [4.78, 5) is 13.4. The third kappa shape index (κ3) is 2.07. The minimum atomic E-state index is 0.283. The van der Waals surface area contributed by atoms with Gasteiger partial charge in [-0.2, -0.15) is 0 Å². The Morgan fingerprint density at radius 2 is 2.12 bits per heavy atom. The van der Waals surface area contributed by atoms with E-state index in [0.717, 1.165) is 37.4 Å². The van der Waals surface area contributed by atoms with E-state index < -0.39 is 0 Å². The van der Waals surface area contributed by atoms with E-state index in [-0.39, 0.29) is 5.91 Å². The van der Waals surface area contributed by atoms with Gasteiger partial charge in [0.2, 0.25) is 12.7 Å². The molecule has 1 saturated heterocycles. The number of hydrogen-bond acceptors (Lipinski definition) is 3. The Bertz CT molecular complexity index is 444. The molecule has 0 atom stereocenters. The van der Waals surface area contributed by atoms with Crippen LogP contribution in [0, 0.1) is 0 Å². The molecule has 0 spiro atoms. The van der Waals surface area contributed by atoms with Crippen LogP contribution >= 0.6 is 0 Å². The van der Waals surface area contributed by atoms with Crippen LogP contribution in [0.3, 0.4) is 0 Å². The molecule has 4 nitrogen and oxygen atoms in total. The Balaban J connectivity index is 1.63. The Morgan fingerprint density at radius 3 is 2.94 bits per heavy atom. The van der Waals surface area contributed by atoms with Gasteiger partial charge in [0, 0.05) is 19.5 Å². The van der Waals surface area contributed by atoms with Crippen LogP contribution < -0.4 is 9.47 Å². The molecular formula is C13H15NO3. The Morgan fingerprint density at radius 1 is 1.24 bits per heavy atom. The lowest BCUT2D eigenvalue weighted by atomic mass is 10.1. The van der Waals surface area contributed by atoms with Gasteiger partial charge in [0.05, 0.1) is 0 Å². The van der Waals surface area contributed by atoms with Gasteiger partial charge < -0.3 is 14.4 Å². The van der Waals surface area contributed by atoms with Gasteiger partial charge in [0.15, 0.2) is 11.5 Å². The average molecular weight is 233 g/mol. The molecule has 0 bridgehead atoms. The second-order valence-corrected chi connectivity index (χ2v) is 4.42. The predicted molar refractivity (Wildman–Crippen MR) is 62.1 cm³/mol. The van der Waals surface area contributed by atoms with E-state index in [1.807, 2.05) is 23.1 Å². The maximum atomic E-state index is 11.5. The zero-order valence-corrected chi connectivity index (χ0v) is 9.65. The molecule has 2 aliphatic heterocycles. The first-order valence-corrected chi connectivity index (χ1v) is 5.99. The first-order chi connectivity index (χ1) is 8.33. The fourth-order valence-corrected chi connectivity index (χ4v) is 2.30. The highest BCUT2D eigenvalue weighted by atomic mass is 16.7. The SMILES string of the molecule is O=C1CCCN1CCc1ccc2c(c1)OCO2. The number of fused-ring (bicyclic) bond motifs is 1. The van der Waals surface area contributed by atoms with E-state index >= 15 is 0 Å². The molecule has 0 radical (unpaired) electrons. The van der Waals surface area contributed by atoms with Crippen LogP contribution in [0.4, 0.5) is 0 Å². The van der Waals surface area contributed by atoms with Gasteiger partial charge in [-0.25, -0.2) is 0 Å². The maximum absolute atomic E-state index is 11.5. The number of likely N-dealkylation sites (tertiary alicyclic amines) is 1. The number of ether oxygens (including phenoxy) is 2. The second-order valence-electron chi connectivity index (χ2n) is 4.42. The summed E-state index contributed by atoms with van der Waals surface area (Å²) >= 11 is 0. The fourth-order valence-electron chi connectivity index (χ4n) is 2.30. The number of hydrogen-bond donors (Lipinski definition) is 0. The molecule has 0 aliphatic carbocycles. The van der Waals surface area contributed by atoms with Crippen molar-refractivity contribution in [2.75, 3.05) is 19.9 Å². The highest BCUT2D eigenvalue weighted by molar-refractivity contribution is 5.78. The monoisotopic (exact) mass is 233 g/mol. The highest BCUT2D eigenvalue weighted by Gasteiger charge is 2.20. The molecular weight excluding hydrogens is 218 g/mol. The van der Waals surface area contributed by atoms with E-state index in [0.29, 0.717) is 13.2 Å². The van der Waals surface area contributed by atoms with Crippen LogP contribution in [-0.4, -0.2) is 30.7 Å². The first kappa shape index (κ1) is 10.4. The molecule has 0 aromatic heterocycles. The zero-order valence-electron chi connectivity index (χ0n) is 9.65.